The summed E-state index contributed by atoms with van der Waals surface area (Å²) < 4.78 is 95.7. The summed E-state index contributed by atoms with van der Waals surface area (Å²) in [6.07, 6.45) is -0.0304. The summed E-state index contributed by atoms with van der Waals surface area (Å²) in [5.41, 5.74) is 2.04. The topological polar surface area (TPSA) is 65.5 Å². The third-order valence-corrected chi connectivity index (χ3v) is 11.0. The van der Waals surface area contributed by atoms with E-state index in [2.05, 4.69) is 9.71 Å². The zero-order valence-corrected chi connectivity index (χ0v) is 21.5. The zero-order chi connectivity index (χ0) is 26.2. The minimum Gasteiger partial charge on any atom is -0.356 e. The molecule has 0 amide bonds. The molecule has 2 aromatic rings. The van der Waals surface area contributed by atoms with Gasteiger partial charge in [0.25, 0.3) is 16.1 Å². The van der Waals surface area contributed by atoms with Crippen LogP contribution in [0.15, 0.2) is 24.4 Å². The summed E-state index contributed by atoms with van der Waals surface area (Å²) in [6, 6.07) is 5.95. The van der Waals surface area contributed by atoms with E-state index in [-0.39, 0.29) is 31.3 Å². The fourth-order valence-electron chi connectivity index (χ4n) is 6.68. The average Bonchev–Trinajstić information content (AvgIpc) is 3.42. The summed E-state index contributed by atoms with van der Waals surface area (Å²) in [7, 11) is -4.23. The van der Waals surface area contributed by atoms with Crippen LogP contribution in [0.5, 0.6) is 0 Å². The van der Waals surface area contributed by atoms with Crippen LogP contribution in [-0.4, -0.2) is 61.5 Å². The maximum atomic E-state index is 13.9. The lowest BCUT2D eigenvalue weighted by atomic mass is 9.79. The summed E-state index contributed by atoms with van der Waals surface area (Å²) >= 11 is 1.37. The molecule has 1 aromatic heterocycles. The van der Waals surface area contributed by atoms with Gasteiger partial charge in [-0.15, -0.1) is 0 Å². The number of nitrogens with zero attached hydrogens (tertiary/aromatic N) is 3. The van der Waals surface area contributed by atoms with E-state index < -0.39 is 34.4 Å². The van der Waals surface area contributed by atoms with Crippen molar-refractivity contribution < 1.29 is 30.4 Å². The van der Waals surface area contributed by atoms with Crippen LogP contribution in [0.2, 0.25) is 0 Å². The number of fused-ring (bicyclic) bond motifs is 1. The molecule has 1 spiro atoms. The van der Waals surface area contributed by atoms with E-state index in [1.54, 1.807) is 11.1 Å². The Labute approximate surface area is 216 Å². The number of hydrogen-bond donors (Lipinski definition) is 1. The Kier molecular flexibility index (Phi) is 5.91. The molecule has 0 unspecified atom stereocenters. The fraction of sp³-hybridized carbons (Fsp3) is 0.625. The van der Waals surface area contributed by atoms with Crippen molar-refractivity contribution in [3.63, 3.8) is 0 Å². The van der Waals surface area contributed by atoms with Gasteiger partial charge in [0.1, 0.15) is 16.6 Å². The maximum Gasteiger partial charge on any atom is 0.402 e. The molecule has 2 bridgehead atoms. The van der Waals surface area contributed by atoms with Crippen molar-refractivity contribution in [1.29, 1.82) is 0 Å². The number of aromatic nitrogens is 1. The molecular weight excluding hydrogens is 535 g/mol. The van der Waals surface area contributed by atoms with Crippen molar-refractivity contribution in [2.75, 3.05) is 31.1 Å². The lowest BCUT2D eigenvalue weighted by Gasteiger charge is -2.33. The van der Waals surface area contributed by atoms with E-state index >= 15 is 0 Å². The highest BCUT2D eigenvalue weighted by Crippen LogP contribution is 2.51. The van der Waals surface area contributed by atoms with Crippen molar-refractivity contribution in [2.45, 2.75) is 56.2 Å². The molecule has 1 saturated carbocycles. The molecule has 2 aliphatic heterocycles. The molecule has 0 radical (unpaired) electrons. The van der Waals surface area contributed by atoms with E-state index in [0.717, 1.165) is 29.5 Å². The summed E-state index contributed by atoms with van der Waals surface area (Å²) in [6.45, 7) is -1.42. The van der Waals surface area contributed by atoms with Gasteiger partial charge in [-0.25, -0.2) is 13.8 Å². The predicted octanol–water partition coefficient (Wildman–Crippen LogP) is 4.62. The molecule has 202 valence electrons. The molecule has 4 aliphatic rings. The Morgan fingerprint density at radius 2 is 1.84 bits per heavy atom. The smallest absolute Gasteiger partial charge is 0.356 e. The van der Waals surface area contributed by atoms with Crippen LogP contribution < -0.4 is 9.62 Å². The van der Waals surface area contributed by atoms with Crippen LogP contribution in [0, 0.1) is 11.8 Å². The molecule has 13 heteroatoms. The Morgan fingerprint density at radius 1 is 1.11 bits per heavy atom. The van der Waals surface area contributed by atoms with Crippen molar-refractivity contribution in [3.05, 3.63) is 35.5 Å². The monoisotopic (exact) mass is 562 g/mol. The van der Waals surface area contributed by atoms with Crippen LogP contribution in [0.25, 0.3) is 10.6 Å². The number of thiazole rings is 1. The summed E-state index contributed by atoms with van der Waals surface area (Å²) in [5.74, 6) is -2.92. The van der Waals surface area contributed by atoms with Gasteiger partial charge in [-0.2, -0.15) is 30.6 Å². The Bertz CT molecular complexity index is 1310. The van der Waals surface area contributed by atoms with Gasteiger partial charge in [-0.3, -0.25) is 0 Å². The van der Waals surface area contributed by atoms with Gasteiger partial charge in [0, 0.05) is 25.1 Å². The highest BCUT2D eigenvalue weighted by molar-refractivity contribution is 7.87. The first kappa shape index (κ1) is 25.4. The molecule has 37 heavy (non-hydrogen) atoms. The molecule has 1 N–H and O–H groups in total. The SMILES string of the molecule is O=S1(=O)N[C@]2(CN1CC(F)(F)F)[C@@H]1CC[C@H]2Cc2cc(-c3ncc(N4CCCC(F)(F)C4)s3)ccc2C1. The highest BCUT2D eigenvalue weighted by Gasteiger charge is 2.60. The highest BCUT2D eigenvalue weighted by atomic mass is 32.2. The van der Waals surface area contributed by atoms with Gasteiger partial charge in [0.15, 0.2) is 0 Å². The normalized spacial score (nSPS) is 31.0. The maximum absolute atomic E-state index is 13.9. The molecule has 3 atom stereocenters. The first-order valence-corrected chi connectivity index (χ1v) is 14.7. The third kappa shape index (κ3) is 4.65. The van der Waals surface area contributed by atoms with Crippen LogP contribution in [0.3, 0.4) is 0 Å². The second-order valence-electron chi connectivity index (χ2n) is 10.8. The minimum atomic E-state index is -4.61. The van der Waals surface area contributed by atoms with Crippen LogP contribution >= 0.6 is 11.3 Å². The number of anilines is 1. The third-order valence-electron chi connectivity index (χ3n) is 8.36. The zero-order valence-electron chi connectivity index (χ0n) is 19.9. The molecule has 6 rings (SSSR count). The number of piperidine rings is 1. The standard InChI is InChI=1S/C24H27F5N4O2S2/c25-22(26)6-1-7-32(12-22)20-11-30-21(36-20)16-3-2-15-9-18-4-5-19(10-17(15)8-16)23(18)13-33(14-24(27,28)29)37(34,35)31-23/h2-3,8,11,18-19,31H,1,4-7,9-10,12-14H2/t18-,19+,23-/m1/s1. The second-order valence-corrected chi connectivity index (χ2v) is 13.5. The molecular formula is C24H27F5N4O2S2. The van der Waals surface area contributed by atoms with E-state index in [4.69, 9.17) is 0 Å². The van der Waals surface area contributed by atoms with Gasteiger partial charge < -0.3 is 4.90 Å². The first-order chi connectivity index (χ1) is 17.3. The molecule has 2 aliphatic carbocycles. The minimum absolute atomic E-state index is 0.0927. The van der Waals surface area contributed by atoms with E-state index in [1.165, 1.54) is 11.3 Å². The summed E-state index contributed by atoms with van der Waals surface area (Å²) in [4.78, 5) is 6.17. The number of halogens is 5. The van der Waals surface area contributed by atoms with Crippen LogP contribution in [-0.2, 0) is 23.1 Å². The van der Waals surface area contributed by atoms with Crippen molar-refractivity contribution >= 4 is 26.5 Å². The molecule has 1 aromatic carbocycles. The number of alkyl halides is 5. The van der Waals surface area contributed by atoms with E-state index in [1.807, 2.05) is 18.2 Å². The van der Waals surface area contributed by atoms with Crippen molar-refractivity contribution in [2.24, 2.45) is 11.8 Å². The number of hydrogen-bond acceptors (Lipinski definition) is 5. The largest absolute Gasteiger partial charge is 0.402 e. The lowest BCUT2D eigenvalue weighted by molar-refractivity contribution is -0.136. The van der Waals surface area contributed by atoms with Gasteiger partial charge in [-0.05, 0) is 61.1 Å². The van der Waals surface area contributed by atoms with Gasteiger partial charge >= 0.3 is 6.18 Å². The second kappa shape index (κ2) is 8.59. The Balaban J connectivity index is 1.26. The lowest BCUT2D eigenvalue weighted by Crippen LogP contribution is -2.52. The van der Waals surface area contributed by atoms with Crippen molar-refractivity contribution in [3.8, 4) is 10.6 Å². The number of benzene rings is 1. The molecule has 2 saturated heterocycles. The van der Waals surface area contributed by atoms with Crippen molar-refractivity contribution in [1.82, 2.24) is 14.0 Å². The van der Waals surface area contributed by atoms with Gasteiger partial charge in [0.2, 0.25) is 0 Å². The van der Waals surface area contributed by atoms with Gasteiger partial charge in [-0.1, -0.05) is 23.5 Å². The fourth-order valence-corrected chi connectivity index (χ4v) is 9.32. The molecule has 6 nitrogen and oxygen atoms in total. The van der Waals surface area contributed by atoms with Crippen LogP contribution in [0.4, 0.5) is 27.0 Å². The van der Waals surface area contributed by atoms with E-state index in [0.29, 0.717) is 40.1 Å². The molecule has 3 heterocycles. The number of rotatable bonds is 3. The number of nitrogens with one attached hydrogen (secondary N) is 1. The average molecular weight is 563 g/mol. The Morgan fingerprint density at radius 3 is 2.54 bits per heavy atom. The summed E-state index contributed by atoms with van der Waals surface area (Å²) in [5, 5.41) is 1.42. The Hall–Kier alpha value is -1.83. The molecule has 3 fully saturated rings. The van der Waals surface area contributed by atoms with E-state index in [9.17, 15) is 30.4 Å². The van der Waals surface area contributed by atoms with Crippen LogP contribution in [0.1, 0.15) is 36.8 Å². The van der Waals surface area contributed by atoms with Gasteiger partial charge in [0.05, 0.1) is 18.3 Å². The quantitative estimate of drug-likeness (QED) is 0.555. The predicted molar refractivity (Wildman–Crippen MR) is 130 cm³/mol. The first-order valence-electron chi connectivity index (χ1n) is 12.4.